The van der Waals surface area contributed by atoms with Crippen LogP contribution in [0.5, 0.6) is 0 Å². The average molecular weight is 411 g/mol. The van der Waals surface area contributed by atoms with Crippen LogP contribution < -0.4 is 16.4 Å². The first-order valence-corrected chi connectivity index (χ1v) is 9.26. The Morgan fingerprint density at radius 3 is 2.43 bits per heavy atom. The van der Waals surface area contributed by atoms with Crippen molar-refractivity contribution >= 4 is 28.6 Å². The van der Waals surface area contributed by atoms with Gasteiger partial charge in [0.2, 0.25) is 0 Å². The number of aryl methyl sites for hydroxylation is 1. The molecule has 0 bridgehead atoms. The number of carbonyl (C=O) groups excluding carboxylic acids is 3. The number of hydrogen-bond donors (Lipinski definition) is 4. The fraction of sp³-hybridized carbons (Fsp3) is 0.250. The van der Waals surface area contributed by atoms with Gasteiger partial charge in [0.15, 0.2) is 5.69 Å². The summed E-state index contributed by atoms with van der Waals surface area (Å²) in [5, 5.41) is 6.70. The van der Waals surface area contributed by atoms with Gasteiger partial charge in [0, 0.05) is 11.1 Å². The number of esters is 1. The zero-order valence-corrected chi connectivity index (χ0v) is 16.7. The van der Waals surface area contributed by atoms with Crippen molar-refractivity contribution in [3.8, 4) is 0 Å². The highest BCUT2D eigenvalue weighted by molar-refractivity contribution is 6.06. The van der Waals surface area contributed by atoms with Gasteiger partial charge in [-0.3, -0.25) is 25.2 Å². The monoisotopic (exact) mass is 411 g/mol. The minimum atomic E-state index is -0.704. The summed E-state index contributed by atoms with van der Waals surface area (Å²) in [6.07, 6.45) is 1.17. The quantitative estimate of drug-likeness (QED) is 0.368. The molecule has 10 heteroatoms. The van der Waals surface area contributed by atoms with Gasteiger partial charge in [-0.15, -0.1) is 0 Å². The maximum absolute atomic E-state index is 12.7. The van der Waals surface area contributed by atoms with Crippen molar-refractivity contribution in [2.45, 2.75) is 26.7 Å². The standard InChI is InChI=1S/C20H21N5O5/c1-4-7-13-14(20(29)30-3)10(2)21-15(13)18(27)24-25-19(28)16-11-8-5-6-9-12(11)17(26)23-22-16/h5-6,8-9,21H,4,7H2,1-3H3,(H,23,26)(H,24,27)(H,25,28). The molecule has 0 radical (unpaired) electrons. The Morgan fingerprint density at radius 1 is 1.10 bits per heavy atom. The number of aromatic nitrogens is 3. The minimum Gasteiger partial charge on any atom is -0.465 e. The molecule has 0 spiro atoms. The number of methoxy groups -OCH3 is 1. The Morgan fingerprint density at radius 2 is 1.77 bits per heavy atom. The van der Waals surface area contributed by atoms with Crippen LogP contribution in [0.2, 0.25) is 0 Å². The molecule has 0 aliphatic heterocycles. The smallest absolute Gasteiger partial charge is 0.339 e. The lowest BCUT2D eigenvalue weighted by atomic mass is 10.0. The summed E-state index contributed by atoms with van der Waals surface area (Å²) in [7, 11) is 1.27. The summed E-state index contributed by atoms with van der Waals surface area (Å²) >= 11 is 0. The number of fused-ring (bicyclic) bond motifs is 1. The van der Waals surface area contributed by atoms with Crippen LogP contribution >= 0.6 is 0 Å². The third-order valence-electron chi connectivity index (χ3n) is 4.61. The Bertz CT molecular complexity index is 1190. The first-order chi connectivity index (χ1) is 14.4. The fourth-order valence-electron chi connectivity index (χ4n) is 3.27. The molecule has 2 aromatic heterocycles. The topological polar surface area (TPSA) is 146 Å². The van der Waals surface area contributed by atoms with Crippen LogP contribution in [-0.4, -0.2) is 40.1 Å². The highest BCUT2D eigenvalue weighted by atomic mass is 16.5. The molecule has 4 N–H and O–H groups in total. The maximum atomic E-state index is 12.7. The van der Waals surface area contributed by atoms with Crippen molar-refractivity contribution in [3.63, 3.8) is 0 Å². The zero-order chi connectivity index (χ0) is 21.8. The third kappa shape index (κ3) is 3.79. The van der Waals surface area contributed by atoms with Crippen molar-refractivity contribution in [2.24, 2.45) is 0 Å². The number of benzene rings is 1. The number of nitrogens with one attached hydrogen (secondary N) is 4. The first-order valence-electron chi connectivity index (χ1n) is 9.26. The number of carbonyl (C=O) groups is 3. The number of amides is 2. The van der Waals surface area contributed by atoms with Crippen LogP contribution in [0, 0.1) is 6.92 Å². The highest BCUT2D eigenvalue weighted by Crippen LogP contribution is 2.21. The van der Waals surface area contributed by atoms with Crippen molar-refractivity contribution in [1.29, 1.82) is 0 Å². The summed E-state index contributed by atoms with van der Waals surface area (Å²) in [5.74, 6) is -1.87. The van der Waals surface area contributed by atoms with Gasteiger partial charge >= 0.3 is 5.97 Å². The number of aromatic amines is 2. The Kier molecular flexibility index (Phi) is 5.95. The van der Waals surface area contributed by atoms with E-state index in [0.29, 0.717) is 40.4 Å². The second-order valence-electron chi connectivity index (χ2n) is 6.58. The van der Waals surface area contributed by atoms with Crippen LogP contribution in [0.1, 0.15) is 55.9 Å². The first kappa shape index (κ1) is 20.8. The lowest BCUT2D eigenvalue weighted by Crippen LogP contribution is -2.42. The second-order valence-corrected chi connectivity index (χ2v) is 6.58. The fourth-order valence-corrected chi connectivity index (χ4v) is 3.27. The Balaban J connectivity index is 1.85. The van der Waals surface area contributed by atoms with E-state index in [9.17, 15) is 19.2 Å². The molecule has 0 atom stereocenters. The lowest BCUT2D eigenvalue weighted by Gasteiger charge is -2.09. The molecular weight excluding hydrogens is 390 g/mol. The molecule has 0 saturated heterocycles. The SMILES string of the molecule is CCCc1c(C(=O)NNC(=O)c2n[nH]c(=O)c3ccccc23)[nH]c(C)c1C(=O)OC. The van der Waals surface area contributed by atoms with E-state index in [-0.39, 0.29) is 11.4 Å². The second kappa shape index (κ2) is 8.60. The van der Waals surface area contributed by atoms with Crippen molar-refractivity contribution in [3.05, 3.63) is 62.8 Å². The normalized spacial score (nSPS) is 10.6. The molecule has 2 amide bonds. The van der Waals surface area contributed by atoms with Crippen molar-refractivity contribution in [1.82, 2.24) is 26.0 Å². The summed E-state index contributed by atoms with van der Waals surface area (Å²) in [6.45, 7) is 3.58. The average Bonchev–Trinajstić information content (AvgIpc) is 3.08. The van der Waals surface area contributed by atoms with E-state index in [1.54, 1.807) is 31.2 Å². The summed E-state index contributed by atoms with van der Waals surface area (Å²) in [4.78, 5) is 52.1. The predicted molar refractivity (Wildman–Crippen MR) is 108 cm³/mol. The molecule has 1 aromatic carbocycles. The van der Waals surface area contributed by atoms with Gasteiger partial charge in [0.25, 0.3) is 17.4 Å². The highest BCUT2D eigenvalue weighted by Gasteiger charge is 2.25. The van der Waals surface area contributed by atoms with Crippen LogP contribution in [0.4, 0.5) is 0 Å². The molecule has 3 rings (SSSR count). The van der Waals surface area contributed by atoms with E-state index >= 15 is 0 Å². The largest absolute Gasteiger partial charge is 0.465 e. The molecule has 3 aromatic rings. The van der Waals surface area contributed by atoms with E-state index in [4.69, 9.17) is 4.74 Å². The van der Waals surface area contributed by atoms with E-state index in [1.165, 1.54) is 7.11 Å². The van der Waals surface area contributed by atoms with Gasteiger partial charge in [-0.2, -0.15) is 5.10 Å². The number of nitrogens with zero attached hydrogens (tertiary/aromatic N) is 1. The van der Waals surface area contributed by atoms with E-state index in [0.717, 1.165) is 0 Å². The van der Waals surface area contributed by atoms with Crippen LogP contribution in [-0.2, 0) is 11.2 Å². The van der Waals surface area contributed by atoms with Crippen LogP contribution in [0.15, 0.2) is 29.1 Å². The lowest BCUT2D eigenvalue weighted by molar-refractivity contribution is 0.0598. The molecule has 10 nitrogen and oxygen atoms in total. The van der Waals surface area contributed by atoms with Gasteiger partial charge < -0.3 is 9.72 Å². The molecule has 0 aliphatic carbocycles. The van der Waals surface area contributed by atoms with Crippen molar-refractivity contribution < 1.29 is 19.1 Å². The van der Waals surface area contributed by atoms with Gasteiger partial charge in [-0.05, 0) is 25.0 Å². The van der Waals surface area contributed by atoms with Crippen LogP contribution in [0.3, 0.4) is 0 Å². The third-order valence-corrected chi connectivity index (χ3v) is 4.61. The molecule has 0 unspecified atom stereocenters. The number of H-pyrrole nitrogens is 2. The molecule has 156 valence electrons. The van der Waals surface area contributed by atoms with E-state index in [1.807, 2.05) is 6.92 Å². The van der Waals surface area contributed by atoms with Gasteiger partial charge in [0.1, 0.15) is 5.69 Å². The van der Waals surface area contributed by atoms with E-state index < -0.39 is 23.3 Å². The number of ether oxygens (including phenoxy) is 1. The molecular formula is C20H21N5O5. The van der Waals surface area contributed by atoms with Crippen LogP contribution in [0.25, 0.3) is 10.8 Å². The molecule has 0 fully saturated rings. The molecule has 30 heavy (non-hydrogen) atoms. The summed E-state index contributed by atoms with van der Waals surface area (Å²) < 4.78 is 4.81. The van der Waals surface area contributed by atoms with E-state index in [2.05, 4.69) is 26.0 Å². The molecule has 0 aliphatic rings. The maximum Gasteiger partial charge on any atom is 0.339 e. The number of hydrazine groups is 1. The summed E-state index contributed by atoms with van der Waals surface area (Å²) in [6, 6.07) is 6.50. The van der Waals surface area contributed by atoms with Gasteiger partial charge in [-0.1, -0.05) is 31.5 Å². The minimum absolute atomic E-state index is 0.0443. The predicted octanol–water partition coefficient (Wildman–Crippen LogP) is 1.37. The number of rotatable bonds is 5. The summed E-state index contributed by atoms with van der Waals surface area (Å²) in [5.41, 5.74) is 5.62. The number of hydrogen-bond acceptors (Lipinski definition) is 6. The Hall–Kier alpha value is -3.95. The van der Waals surface area contributed by atoms with Gasteiger partial charge in [0.05, 0.1) is 18.1 Å². The van der Waals surface area contributed by atoms with Crippen molar-refractivity contribution in [2.75, 3.05) is 7.11 Å². The molecule has 2 heterocycles. The Labute approximate surface area is 171 Å². The molecule has 0 saturated carbocycles. The van der Waals surface area contributed by atoms with Gasteiger partial charge in [-0.25, -0.2) is 9.89 Å². The zero-order valence-electron chi connectivity index (χ0n) is 16.7.